The van der Waals surface area contributed by atoms with Crippen LogP contribution >= 0.6 is 0 Å². The van der Waals surface area contributed by atoms with Gasteiger partial charge in [0.05, 0.1) is 11.1 Å². The maximum absolute atomic E-state index is 12.4. The van der Waals surface area contributed by atoms with Gasteiger partial charge in [0.15, 0.2) is 0 Å². The number of imide groups is 1. The Morgan fingerprint density at radius 2 is 1.65 bits per heavy atom. The second-order valence-corrected chi connectivity index (χ2v) is 7.91. The van der Waals surface area contributed by atoms with E-state index in [4.69, 9.17) is 0 Å². The van der Waals surface area contributed by atoms with Crippen molar-refractivity contribution in [1.29, 1.82) is 0 Å². The third kappa shape index (κ3) is 3.14. The molecule has 2 atom stereocenters. The number of carboxylic acids is 1. The quantitative estimate of drug-likeness (QED) is 0.730. The SMILES string of the molecule is CC[C@H](C)[C@@](NCCN1C(=O)c2ccccc2C1=O)(C(=O)O)C(C)(C)C. The monoisotopic (exact) mass is 360 g/mol. The molecule has 0 spiro atoms. The lowest BCUT2D eigenvalue weighted by molar-refractivity contribution is -0.154. The smallest absolute Gasteiger partial charge is 0.324 e. The summed E-state index contributed by atoms with van der Waals surface area (Å²) in [5.41, 5.74) is -0.893. The second-order valence-electron chi connectivity index (χ2n) is 7.91. The van der Waals surface area contributed by atoms with Crippen molar-refractivity contribution in [2.45, 2.75) is 46.6 Å². The molecule has 1 aliphatic rings. The summed E-state index contributed by atoms with van der Waals surface area (Å²) in [5, 5.41) is 13.2. The molecule has 0 saturated carbocycles. The van der Waals surface area contributed by atoms with E-state index in [1.165, 1.54) is 4.90 Å². The molecule has 6 nitrogen and oxygen atoms in total. The van der Waals surface area contributed by atoms with Crippen LogP contribution in [0.4, 0.5) is 0 Å². The van der Waals surface area contributed by atoms with Crippen molar-refractivity contribution in [2.75, 3.05) is 13.1 Å². The highest BCUT2D eigenvalue weighted by Gasteiger charge is 2.52. The molecule has 2 N–H and O–H groups in total. The van der Waals surface area contributed by atoms with Gasteiger partial charge in [-0.2, -0.15) is 0 Å². The zero-order chi connectivity index (χ0) is 19.7. The molecule has 1 aromatic rings. The molecule has 6 heteroatoms. The maximum Gasteiger partial charge on any atom is 0.324 e. The molecule has 0 unspecified atom stereocenters. The van der Waals surface area contributed by atoms with Crippen molar-refractivity contribution in [3.05, 3.63) is 35.4 Å². The lowest BCUT2D eigenvalue weighted by atomic mass is 9.65. The molecule has 0 fully saturated rings. The van der Waals surface area contributed by atoms with Crippen molar-refractivity contribution in [2.24, 2.45) is 11.3 Å². The molecule has 0 saturated heterocycles. The highest BCUT2D eigenvalue weighted by atomic mass is 16.4. The van der Waals surface area contributed by atoms with E-state index in [9.17, 15) is 19.5 Å². The fourth-order valence-corrected chi connectivity index (χ4v) is 3.90. The lowest BCUT2D eigenvalue weighted by Crippen LogP contribution is -2.65. The van der Waals surface area contributed by atoms with E-state index in [1.54, 1.807) is 24.3 Å². The minimum atomic E-state index is -1.15. The third-order valence-electron chi connectivity index (χ3n) is 5.49. The molecule has 1 heterocycles. The lowest BCUT2D eigenvalue weighted by Gasteiger charge is -2.46. The summed E-state index contributed by atoms with van der Waals surface area (Å²) in [4.78, 5) is 38.3. The summed E-state index contributed by atoms with van der Waals surface area (Å²) in [6, 6.07) is 6.73. The number of carboxylic acid groups (broad SMARTS) is 1. The van der Waals surface area contributed by atoms with Gasteiger partial charge in [0, 0.05) is 13.1 Å². The van der Waals surface area contributed by atoms with Gasteiger partial charge in [0.2, 0.25) is 0 Å². The average molecular weight is 360 g/mol. The highest BCUT2D eigenvalue weighted by molar-refractivity contribution is 6.21. The first-order valence-electron chi connectivity index (χ1n) is 9.01. The summed E-state index contributed by atoms with van der Waals surface area (Å²) >= 11 is 0. The third-order valence-corrected chi connectivity index (χ3v) is 5.49. The van der Waals surface area contributed by atoms with Gasteiger partial charge >= 0.3 is 5.97 Å². The highest BCUT2D eigenvalue weighted by Crippen LogP contribution is 2.38. The van der Waals surface area contributed by atoms with E-state index in [0.717, 1.165) is 0 Å². The zero-order valence-electron chi connectivity index (χ0n) is 16.1. The van der Waals surface area contributed by atoms with E-state index in [2.05, 4.69) is 5.32 Å². The van der Waals surface area contributed by atoms with Crippen molar-refractivity contribution in [1.82, 2.24) is 10.2 Å². The number of aliphatic carboxylic acids is 1. The Balaban J connectivity index is 2.18. The van der Waals surface area contributed by atoms with Crippen LogP contribution in [0, 0.1) is 11.3 Å². The molecule has 0 aliphatic carbocycles. The molecule has 0 aromatic heterocycles. The molecule has 2 rings (SSSR count). The number of carbonyl (C=O) groups excluding carboxylic acids is 2. The summed E-state index contributed by atoms with van der Waals surface area (Å²) in [7, 11) is 0. The predicted molar refractivity (Wildman–Crippen MR) is 99.1 cm³/mol. The van der Waals surface area contributed by atoms with E-state index in [1.807, 2.05) is 34.6 Å². The van der Waals surface area contributed by atoms with Crippen LogP contribution in [0.1, 0.15) is 61.8 Å². The topological polar surface area (TPSA) is 86.7 Å². The van der Waals surface area contributed by atoms with Crippen LogP contribution in [-0.4, -0.2) is 46.4 Å². The van der Waals surface area contributed by atoms with E-state index >= 15 is 0 Å². The zero-order valence-corrected chi connectivity index (χ0v) is 16.1. The van der Waals surface area contributed by atoms with Gasteiger partial charge in [0.1, 0.15) is 5.54 Å². The van der Waals surface area contributed by atoms with Crippen LogP contribution < -0.4 is 5.32 Å². The minimum Gasteiger partial charge on any atom is -0.480 e. The number of carbonyl (C=O) groups is 3. The van der Waals surface area contributed by atoms with Crippen molar-refractivity contribution < 1.29 is 19.5 Å². The number of amides is 2. The molecular formula is C20H28N2O4. The Bertz CT molecular complexity index is 688. The van der Waals surface area contributed by atoms with Crippen LogP contribution in [0.2, 0.25) is 0 Å². The van der Waals surface area contributed by atoms with Gasteiger partial charge in [-0.15, -0.1) is 0 Å². The van der Waals surface area contributed by atoms with Crippen molar-refractivity contribution in [3.8, 4) is 0 Å². The fourth-order valence-electron chi connectivity index (χ4n) is 3.90. The van der Waals surface area contributed by atoms with Gasteiger partial charge in [-0.1, -0.05) is 53.2 Å². The van der Waals surface area contributed by atoms with Crippen LogP contribution in [0.5, 0.6) is 0 Å². The number of hydrogen-bond acceptors (Lipinski definition) is 4. The standard InChI is InChI=1S/C20H28N2O4/c1-6-13(2)20(18(25)26,19(3,4)5)21-11-12-22-16(23)14-9-7-8-10-15(14)17(22)24/h7-10,13,21H,6,11-12H2,1-5H3,(H,25,26)/t13-,20+/m0/s1. The molecule has 142 valence electrons. The first kappa shape index (κ1) is 20.1. The molecule has 1 aliphatic heterocycles. The van der Waals surface area contributed by atoms with Gasteiger partial charge in [-0.05, 0) is 23.5 Å². The van der Waals surface area contributed by atoms with Crippen LogP contribution in [0.15, 0.2) is 24.3 Å². The average Bonchev–Trinajstić information content (AvgIpc) is 2.81. The molecule has 0 bridgehead atoms. The minimum absolute atomic E-state index is 0.123. The molecule has 2 amide bonds. The molecular weight excluding hydrogens is 332 g/mol. The number of benzene rings is 1. The number of nitrogens with one attached hydrogen (secondary N) is 1. The Kier molecular flexibility index (Phi) is 5.56. The largest absolute Gasteiger partial charge is 0.480 e. The summed E-state index contributed by atoms with van der Waals surface area (Å²) in [6.07, 6.45) is 0.698. The van der Waals surface area contributed by atoms with E-state index < -0.39 is 16.9 Å². The number of fused-ring (bicyclic) bond motifs is 1. The number of hydrogen-bond donors (Lipinski definition) is 2. The summed E-state index contributed by atoms with van der Waals surface area (Å²) < 4.78 is 0. The van der Waals surface area contributed by atoms with Crippen LogP contribution in [0.25, 0.3) is 0 Å². The summed E-state index contributed by atoms with van der Waals surface area (Å²) in [5.74, 6) is -1.69. The second kappa shape index (κ2) is 7.19. The van der Waals surface area contributed by atoms with Gasteiger partial charge in [-0.3, -0.25) is 24.6 Å². The van der Waals surface area contributed by atoms with Gasteiger partial charge in [0.25, 0.3) is 11.8 Å². The number of rotatable bonds is 7. The van der Waals surface area contributed by atoms with Gasteiger partial charge in [-0.25, -0.2) is 0 Å². The molecule has 0 radical (unpaired) electrons. The summed E-state index contributed by atoms with van der Waals surface area (Å²) in [6.45, 7) is 9.90. The van der Waals surface area contributed by atoms with Crippen molar-refractivity contribution in [3.63, 3.8) is 0 Å². The maximum atomic E-state index is 12.4. The normalized spacial score (nSPS) is 17.8. The Morgan fingerprint density at radius 1 is 1.15 bits per heavy atom. The Labute approximate surface area is 154 Å². The Hall–Kier alpha value is -2.21. The van der Waals surface area contributed by atoms with Crippen molar-refractivity contribution >= 4 is 17.8 Å². The first-order valence-corrected chi connectivity index (χ1v) is 9.01. The van der Waals surface area contributed by atoms with E-state index in [-0.39, 0.29) is 30.8 Å². The fraction of sp³-hybridized carbons (Fsp3) is 0.550. The van der Waals surface area contributed by atoms with Gasteiger partial charge < -0.3 is 5.11 Å². The Morgan fingerprint density at radius 3 is 2.04 bits per heavy atom. The van der Waals surface area contributed by atoms with Crippen LogP contribution in [0.3, 0.4) is 0 Å². The molecule has 26 heavy (non-hydrogen) atoms. The van der Waals surface area contributed by atoms with E-state index in [0.29, 0.717) is 17.5 Å². The van der Waals surface area contributed by atoms with Crippen LogP contribution in [-0.2, 0) is 4.79 Å². The first-order chi connectivity index (χ1) is 12.1. The predicted octanol–water partition coefficient (Wildman–Crippen LogP) is 2.79. The molecule has 1 aromatic carbocycles. The number of nitrogens with zero attached hydrogens (tertiary/aromatic N) is 1.